The number of furan rings is 1. The second-order valence-electron chi connectivity index (χ2n) is 12.4. The van der Waals surface area contributed by atoms with Gasteiger partial charge in [0.25, 0.3) is 0 Å². The highest BCUT2D eigenvalue weighted by Crippen LogP contribution is 2.42. The molecule has 0 aliphatic heterocycles. The first kappa shape index (κ1) is 27.5. The van der Waals surface area contributed by atoms with Gasteiger partial charge in [0.15, 0.2) is 5.58 Å². The highest BCUT2D eigenvalue weighted by molar-refractivity contribution is 6.15. The molecule has 4 heteroatoms. The van der Waals surface area contributed by atoms with Crippen LogP contribution in [-0.4, -0.2) is 4.98 Å². The van der Waals surface area contributed by atoms with Crippen molar-refractivity contribution in [3.63, 3.8) is 0 Å². The molecule has 4 nitrogen and oxygen atoms in total. The fraction of sp³-hybridized carbons (Fsp3) is 0. The van der Waals surface area contributed by atoms with Crippen LogP contribution < -0.4 is 4.90 Å². The number of rotatable bonds is 5. The van der Waals surface area contributed by atoms with E-state index in [1.807, 2.05) is 42.5 Å². The molecule has 10 rings (SSSR count). The van der Waals surface area contributed by atoms with Gasteiger partial charge < -0.3 is 13.7 Å². The zero-order chi connectivity index (χ0) is 32.3. The molecule has 0 amide bonds. The molecule has 49 heavy (non-hydrogen) atoms. The fourth-order valence-electron chi connectivity index (χ4n) is 7.07. The number of hydrogen-bond donors (Lipinski definition) is 0. The molecule has 0 saturated carbocycles. The summed E-state index contributed by atoms with van der Waals surface area (Å²) in [6, 6.07) is 59.3. The first-order chi connectivity index (χ1) is 24.3. The SMILES string of the molecule is c1ccc(-c2nc3c(-c4ccc(N(c5ccc6ccccc6c5)c5ccc6oc7c8ccccc8ccc7c6c5)cc4)cccc3o2)cc1. The van der Waals surface area contributed by atoms with Gasteiger partial charge in [0.1, 0.15) is 16.7 Å². The second-order valence-corrected chi connectivity index (χ2v) is 12.4. The summed E-state index contributed by atoms with van der Waals surface area (Å²) < 4.78 is 12.7. The van der Waals surface area contributed by atoms with Crippen molar-refractivity contribution in [3.05, 3.63) is 170 Å². The quantitative estimate of drug-likeness (QED) is 0.190. The van der Waals surface area contributed by atoms with Crippen LogP contribution in [0.15, 0.2) is 179 Å². The van der Waals surface area contributed by atoms with Crippen molar-refractivity contribution in [2.24, 2.45) is 0 Å². The number of aromatic nitrogens is 1. The van der Waals surface area contributed by atoms with Crippen LogP contribution in [0.2, 0.25) is 0 Å². The van der Waals surface area contributed by atoms with Crippen molar-refractivity contribution in [1.82, 2.24) is 4.98 Å². The number of hydrogen-bond acceptors (Lipinski definition) is 4. The van der Waals surface area contributed by atoms with Gasteiger partial charge in [-0.15, -0.1) is 0 Å². The van der Waals surface area contributed by atoms with Gasteiger partial charge in [0.2, 0.25) is 5.89 Å². The molecular weight excluding hydrogens is 601 g/mol. The minimum Gasteiger partial charge on any atom is -0.455 e. The molecule has 0 spiro atoms. The normalized spacial score (nSPS) is 11.7. The van der Waals surface area contributed by atoms with Crippen LogP contribution in [0.1, 0.15) is 0 Å². The first-order valence-electron chi connectivity index (χ1n) is 16.5. The van der Waals surface area contributed by atoms with Crippen molar-refractivity contribution < 1.29 is 8.83 Å². The topological polar surface area (TPSA) is 42.4 Å². The third-order valence-corrected chi connectivity index (χ3v) is 9.47. The van der Waals surface area contributed by atoms with E-state index in [0.29, 0.717) is 5.89 Å². The Labute approximate surface area is 282 Å². The van der Waals surface area contributed by atoms with Gasteiger partial charge in [-0.1, -0.05) is 103 Å². The van der Waals surface area contributed by atoms with Gasteiger partial charge in [-0.3, -0.25) is 0 Å². The summed E-state index contributed by atoms with van der Waals surface area (Å²) >= 11 is 0. The van der Waals surface area contributed by atoms with Crippen molar-refractivity contribution in [3.8, 4) is 22.6 Å². The minimum atomic E-state index is 0.623. The summed E-state index contributed by atoms with van der Waals surface area (Å²) in [6.07, 6.45) is 0. The van der Waals surface area contributed by atoms with Crippen LogP contribution in [0.25, 0.3) is 77.2 Å². The molecule has 0 fully saturated rings. The Balaban J connectivity index is 1.11. The Kier molecular flexibility index (Phi) is 6.15. The molecule has 0 bridgehead atoms. The third-order valence-electron chi connectivity index (χ3n) is 9.47. The molecule has 230 valence electrons. The highest BCUT2D eigenvalue weighted by atomic mass is 16.3. The van der Waals surface area contributed by atoms with Crippen LogP contribution in [-0.2, 0) is 0 Å². The largest absolute Gasteiger partial charge is 0.455 e. The van der Waals surface area contributed by atoms with Crippen LogP contribution >= 0.6 is 0 Å². The molecule has 2 heterocycles. The molecule has 0 radical (unpaired) electrons. The van der Waals surface area contributed by atoms with Gasteiger partial charge in [0, 0.05) is 44.3 Å². The van der Waals surface area contributed by atoms with Crippen molar-refractivity contribution in [2.45, 2.75) is 0 Å². The van der Waals surface area contributed by atoms with Crippen LogP contribution in [0.4, 0.5) is 17.1 Å². The molecule has 0 saturated heterocycles. The Morgan fingerprint density at radius 2 is 1.12 bits per heavy atom. The standard InChI is InChI=1S/C45H28N2O2/c1-2-11-32(12-3-1)45-46-43-37(15-8-16-42(43)49-45)31-18-21-34(22-19-31)47(35-23-17-29-9-4-5-13-33(29)27-35)36-24-26-41-40(28-36)39-25-20-30-10-6-7-14-38(30)44(39)48-41/h1-28H. The molecule has 0 N–H and O–H groups in total. The van der Waals surface area contributed by atoms with Gasteiger partial charge in [-0.05, 0) is 88.5 Å². The van der Waals surface area contributed by atoms with Crippen molar-refractivity contribution >= 4 is 71.6 Å². The van der Waals surface area contributed by atoms with Crippen molar-refractivity contribution in [1.29, 1.82) is 0 Å². The monoisotopic (exact) mass is 628 g/mol. The summed E-state index contributed by atoms with van der Waals surface area (Å²) in [5, 5.41) is 6.89. The number of nitrogens with zero attached hydrogens (tertiary/aromatic N) is 2. The predicted molar refractivity (Wildman–Crippen MR) is 202 cm³/mol. The number of para-hydroxylation sites is 1. The lowest BCUT2D eigenvalue weighted by Gasteiger charge is -2.26. The highest BCUT2D eigenvalue weighted by Gasteiger charge is 2.18. The third kappa shape index (κ3) is 4.57. The van der Waals surface area contributed by atoms with Crippen molar-refractivity contribution in [2.75, 3.05) is 4.90 Å². The van der Waals surface area contributed by atoms with E-state index in [2.05, 4.69) is 132 Å². The van der Waals surface area contributed by atoms with E-state index in [-0.39, 0.29) is 0 Å². The maximum absolute atomic E-state index is 6.47. The zero-order valence-corrected chi connectivity index (χ0v) is 26.4. The molecule has 0 unspecified atom stereocenters. The minimum absolute atomic E-state index is 0.623. The predicted octanol–water partition coefficient (Wildman–Crippen LogP) is 12.8. The van der Waals surface area contributed by atoms with Gasteiger partial charge in [-0.25, -0.2) is 4.98 Å². The Bertz CT molecular complexity index is 2830. The molecule has 0 aliphatic rings. The summed E-state index contributed by atoms with van der Waals surface area (Å²) in [4.78, 5) is 7.24. The Morgan fingerprint density at radius 3 is 2.00 bits per heavy atom. The molecular formula is C45H28N2O2. The van der Waals surface area contributed by atoms with E-state index in [1.54, 1.807) is 0 Å². The molecule has 0 atom stereocenters. The first-order valence-corrected chi connectivity index (χ1v) is 16.5. The maximum Gasteiger partial charge on any atom is 0.227 e. The van der Waals surface area contributed by atoms with E-state index in [9.17, 15) is 0 Å². The van der Waals surface area contributed by atoms with Crippen LogP contribution in [0, 0.1) is 0 Å². The van der Waals surface area contributed by atoms with E-state index < -0.39 is 0 Å². The van der Waals surface area contributed by atoms with Crippen LogP contribution in [0.3, 0.4) is 0 Å². The number of oxazole rings is 1. The van der Waals surface area contributed by atoms with Gasteiger partial charge in [-0.2, -0.15) is 0 Å². The Morgan fingerprint density at radius 1 is 0.408 bits per heavy atom. The lowest BCUT2D eigenvalue weighted by Crippen LogP contribution is -2.09. The molecule has 2 aromatic heterocycles. The van der Waals surface area contributed by atoms with E-state index in [4.69, 9.17) is 13.8 Å². The molecule has 8 aromatic carbocycles. The van der Waals surface area contributed by atoms with Gasteiger partial charge >= 0.3 is 0 Å². The van der Waals surface area contributed by atoms with Gasteiger partial charge in [0.05, 0.1) is 0 Å². The molecule has 10 aromatic rings. The van der Waals surface area contributed by atoms with E-state index >= 15 is 0 Å². The lowest BCUT2D eigenvalue weighted by atomic mass is 10.0. The number of anilines is 3. The number of benzene rings is 8. The molecule has 0 aliphatic carbocycles. The number of fused-ring (bicyclic) bond motifs is 7. The lowest BCUT2D eigenvalue weighted by molar-refractivity contribution is 0.620. The van der Waals surface area contributed by atoms with Crippen LogP contribution in [0.5, 0.6) is 0 Å². The fourth-order valence-corrected chi connectivity index (χ4v) is 7.07. The van der Waals surface area contributed by atoms with E-state index in [0.717, 1.165) is 72.2 Å². The maximum atomic E-state index is 6.47. The second kappa shape index (κ2) is 11.0. The average Bonchev–Trinajstić information content (AvgIpc) is 3.78. The van der Waals surface area contributed by atoms with E-state index in [1.165, 1.54) is 16.2 Å². The Hall–Kier alpha value is -6.65. The zero-order valence-electron chi connectivity index (χ0n) is 26.4. The average molecular weight is 629 g/mol. The summed E-state index contributed by atoms with van der Waals surface area (Å²) in [5.41, 5.74) is 9.67. The summed E-state index contributed by atoms with van der Waals surface area (Å²) in [5.74, 6) is 0.623. The summed E-state index contributed by atoms with van der Waals surface area (Å²) in [6.45, 7) is 0. The summed E-state index contributed by atoms with van der Waals surface area (Å²) in [7, 11) is 0. The smallest absolute Gasteiger partial charge is 0.227 e.